The number of hydrogen-bond donors (Lipinski definition) is 2. The fourth-order valence-electron chi connectivity index (χ4n) is 2.31. The van der Waals surface area contributed by atoms with Crippen LogP contribution in [-0.2, 0) is 0 Å². The highest BCUT2D eigenvalue weighted by Crippen LogP contribution is 2.12. The van der Waals surface area contributed by atoms with Crippen LogP contribution in [0.25, 0.3) is 0 Å². The summed E-state index contributed by atoms with van der Waals surface area (Å²) in [5.74, 6) is 1.35. The van der Waals surface area contributed by atoms with Gasteiger partial charge in [-0.15, -0.1) is 0 Å². The Labute approximate surface area is 114 Å². The predicted molar refractivity (Wildman–Crippen MR) is 75.5 cm³/mol. The summed E-state index contributed by atoms with van der Waals surface area (Å²) in [5, 5.41) is 6.35. The summed E-state index contributed by atoms with van der Waals surface area (Å²) in [4.78, 5) is 12.0. The van der Waals surface area contributed by atoms with Crippen LogP contribution in [0.5, 0.6) is 5.75 Å². The van der Waals surface area contributed by atoms with E-state index in [0.717, 1.165) is 25.4 Å². The number of amides is 1. The van der Waals surface area contributed by atoms with Gasteiger partial charge in [0, 0.05) is 12.1 Å². The number of carbonyl (C=O) groups is 1. The molecule has 0 radical (unpaired) electrons. The quantitative estimate of drug-likeness (QED) is 0.851. The molecule has 1 aliphatic rings. The van der Waals surface area contributed by atoms with Gasteiger partial charge in [-0.2, -0.15) is 0 Å². The van der Waals surface area contributed by atoms with Gasteiger partial charge < -0.3 is 15.4 Å². The fourth-order valence-corrected chi connectivity index (χ4v) is 2.31. The van der Waals surface area contributed by atoms with Crippen LogP contribution in [0.15, 0.2) is 24.3 Å². The van der Waals surface area contributed by atoms with Crippen LogP contribution in [0.3, 0.4) is 0 Å². The average Bonchev–Trinajstić information content (AvgIpc) is 2.47. The Morgan fingerprint density at radius 2 is 2.21 bits per heavy atom. The van der Waals surface area contributed by atoms with E-state index >= 15 is 0 Å². The molecule has 1 aromatic rings. The van der Waals surface area contributed by atoms with Gasteiger partial charge in [0.2, 0.25) is 0 Å². The van der Waals surface area contributed by atoms with Crippen molar-refractivity contribution in [3.8, 4) is 5.75 Å². The number of ether oxygens (including phenoxy) is 1. The maximum absolute atomic E-state index is 12.0. The van der Waals surface area contributed by atoms with E-state index in [-0.39, 0.29) is 5.91 Å². The van der Waals surface area contributed by atoms with Crippen LogP contribution < -0.4 is 15.4 Å². The molecule has 4 heteroatoms. The molecule has 1 aromatic carbocycles. The molecule has 19 heavy (non-hydrogen) atoms. The zero-order chi connectivity index (χ0) is 13.5. The van der Waals surface area contributed by atoms with Gasteiger partial charge in [0.05, 0.1) is 6.61 Å². The maximum atomic E-state index is 12.0. The SMILES string of the molecule is CCOc1ccc(C(=O)NCC2CCCNC2)cc1. The van der Waals surface area contributed by atoms with E-state index in [2.05, 4.69) is 10.6 Å². The fraction of sp³-hybridized carbons (Fsp3) is 0.533. The topological polar surface area (TPSA) is 50.4 Å². The second kappa shape index (κ2) is 7.14. The maximum Gasteiger partial charge on any atom is 0.251 e. The highest BCUT2D eigenvalue weighted by atomic mass is 16.5. The molecule has 0 spiro atoms. The van der Waals surface area contributed by atoms with Crippen LogP contribution in [0, 0.1) is 5.92 Å². The third kappa shape index (κ3) is 4.24. The Morgan fingerprint density at radius 3 is 2.84 bits per heavy atom. The normalized spacial score (nSPS) is 18.9. The molecule has 0 aromatic heterocycles. The van der Waals surface area contributed by atoms with E-state index in [1.165, 1.54) is 12.8 Å². The molecule has 0 saturated carbocycles. The first-order valence-electron chi connectivity index (χ1n) is 7.01. The third-order valence-corrected chi connectivity index (χ3v) is 3.38. The summed E-state index contributed by atoms with van der Waals surface area (Å²) < 4.78 is 5.36. The minimum absolute atomic E-state index is 0.00591. The summed E-state index contributed by atoms with van der Waals surface area (Å²) in [6, 6.07) is 7.28. The Hall–Kier alpha value is -1.55. The van der Waals surface area contributed by atoms with E-state index in [1.807, 2.05) is 19.1 Å². The minimum atomic E-state index is -0.00591. The van der Waals surface area contributed by atoms with Crippen molar-refractivity contribution in [2.45, 2.75) is 19.8 Å². The summed E-state index contributed by atoms with van der Waals surface area (Å²) in [6.07, 6.45) is 2.39. The van der Waals surface area contributed by atoms with Crippen LogP contribution in [0.1, 0.15) is 30.1 Å². The van der Waals surface area contributed by atoms with Crippen molar-refractivity contribution in [3.63, 3.8) is 0 Å². The lowest BCUT2D eigenvalue weighted by molar-refractivity contribution is 0.0945. The number of rotatable bonds is 5. The second-order valence-electron chi connectivity index (χ2n) is 4.88. The molecule has 1 fully saturated rings. The molecule has 104 valence electrons. The molecule has 1 heterocycles. The minimum Gasteiger partial charge on any atom is -0.494 e. The highest BCUT2D eigenvalue weighted by molar-refractivity contribution is 5.94. The van der Waals surface area contributed by atoms with Crippen molar-refractivity contribution in [3.05, 3.63) is 29.8 Å². The zero-order valence-electron chi connectivity index (χ0n) is 11.4. The molecule has 1 saturated heterocycles. The molecule has 1 unspecified atom stereocenters. The predicted octanol–water partition coefficient (Wildman–Crippen LogP) is 1.81. The third-order valence-electron chi connectivity index (χ3n) is 3.38. The average molecular weight is 262 g/mol. The van der Waals surface area contributed by atoms with Gasteiger partial charge in [-0.25, -0.2) is 0 Å². The number of nitrogens with one attached hydrogen (secondary N) is 2. The molecule has 1 aliphatic heterocycles. The molecule has 0 aliphatic carbocycles. The zero-order valence-corrected chi connectivity index (χ0v) is 11.4. The monoisotopic (exact) mass is 262 g/mol. The lowest BCUT2D eigenvalue weighted by Gasteiger charge is -2.22. The lowest BCUT2D eigenvalue weighted by atomic mass is 10.00. The largest absolute Gasteiger partial charge is 0.494 e. The van der Waals surface area contributed by atoms with Crippen molar-refractivity contribution < 1.29 is 9.53 Å². The van der Waals surface area contributed by atoms with E-state index in [4.69, 9.17) is 4.74 Å². The second-order valence-corrected chi connectivity index (χ2v) is 4.88. The smallest absolute Gasteiger partial charge is 0.251 e. The van der Waals surface area contributed by atoms with Gasteiger partial charge in [-0.05, 0) is 63.0 Å². The Balaban J connectivity index is 1.81. The van der Waals surface area contributed by atoms with Crippen LogP contribution in [0.4, 0.5) is 0 Å². The number of piperidine rings is 1. The molecule has 2 rings (SSSR count). The van der Waals surface area contributed by atoms with E-state index in [1.54, 1.807) is 12.1 Å². The first-order chi connectivity index (χ1) is 9.29. The van der Waals surface area contributed by atoms with Gasteiger partial charge in [0.1, 0.15) is 5.75 Å². The number of hydrogen-bond acceptors (Lipinski definition) is 3. The Bertz CT molecular complexity index is 397. The molecule has 1 amide bonds. The van der Waals surface area contributed by atoms with E-state index in [0.29, 0.717) is 18.1 Å². The van der Waals surface area contributed by atoms with Crippen molar-refractivity contribution >= 4 is 5.91 Å². The van der Waals surface area contributed by atoms with Crippen LogP contribution in [-0.4, -0.2) is 32.1 Å². The molecule has 1 atom stereocenters. The van der Waals surface area contributed by atoms with Gasteiger partial charge in [0.15, 0.2) is 0 Å². The number of benzene rings is 1. The van der Waals surface area contributed by atoms with Crippen LogP contribution in [0.2, 0.25) is 0 Å². The Kier molecular flexibility index (Phi) is 5.21. The Morgan fingerprint density at radius 1 is 1.42 bits per heavy atom. The van der Waals surface area contributed by atoms with E-state index in [9.17, 15) is 4.79 Å². The molecule has 0 bridgehead atoms. The first-order valence-corrected chi connectivity index (χ1v) is 7.01. The van der Waals surface area contributed by atoms with Crippen molar-refractivity contribution in [1.29, 1.82) is 0 Å². The molecular weight excluding hydrogens is 240 g/mol. The lowest BCUT2D eigenvalue weighted by Crippen LogP contribution is -2.38. The highest BCUT2D eigenvalue weighted by Gasteiger charge is 2.14. The van der Waals surface area contributed by atoms with Gasteiger partial charge in [0.25, 0.3) is 5.91 Å². The van der Waals surface area contributed by atoms with E-state index < -0.39 is 0 Å². The standard InChI is InChI=1S/C15H22N2O2/c1-2-19-14-7-5-13(6-8-14)15(18)17-11-12-4-3-9-16-10-12/h5-8,12,16H,2-4,9-11H2,1H3,(H,17,18). The van der Waals surface area contributed by atoms with Gasteiger partial charge >= 0.3 is 0 Å². The summed E-state index contributed by atoms with van der Waals surface area (Å²) in [6.45, 7) is 5.44. The molecule has 4 nitrogen and oxygen atoms in total. The summed E-state index contributed by atoms with van der Waals surface area (Å²) in [5.41, 5.74) is 0.687. The molecular formula is C15H22N2O2. The molecule has 2 N–H and O–H groups in total. The summed E-state index contributed by atoms with van der Waals surface area (Å²) in [7, 11) is 0. The van der Waals surface area contributed by atoms with Crippen molar-refractivity contribution in [2.75, 3.05) is 26.2 Å². The van der Waals surface area contributed by atoms with Crippen LogP contribution >= 0.6 is 0 Å². The van der Waals surface area contributed by atoms with Gasteiger partial charge in [-0.1, -0.05) is 0 Å². The summed E-state index contributed by atoms with van der Waals surface area (Å²) >= 11 is 0. The first kappa shape index (κ1) is 13.9. The van der Waals surface area contributed by atoms with Crippen molar-refractivity contribution in [2.24, 2.45) is 5.92 Å². The number of carbonyl (C=O) groups excluding carboxylic acids is 1. The van der Waals surface area contributed by atoms with Gasteiger partial charge in [-0.3, -0.25) is 4.79 Å². The van der Waals surface area contributed by atoms with Crippen molar-refractivity contribution in [1.82, 2.24) is 10.6 Å².